The zero-order valence-corrected chi connectivity index (χ0v) is 16.7. The zero-order chi connectivity index (χ0) is 19.4. The van der Waals surface area contributed by atoms with Crippen molar-refractivity contribution in [1.82, 2.24) is 0 Å². The lowest BCUT2D eigenvalue weighted by Crippen LogP contribution is -2.16. The second-order valence-electron chi connectivity index (χ2n) is 6.42. The van der Waals surface area contributed by atoms with Gasteiger partial charge in [0.25, 0.3) is 0 Å². The van der Waals surface area contributed by atoms with Gasteiger partial charge in [-0.2, -0.15) is 0 Å². The van der Waals surface area contributed by atoms with E-state index < -0.39 is 0 Å². The summed E-state index contributed by atoms with van der Waals surface area (Å²) < 4.78 is 0. The maximum absolute atomic E-state index is 12.6. The van der Waals surface area contributed by atoms with Crippen molar-refractivity contribution in [3.8, 4) is 0 Å². The number of carbonyl (C=O) groups excluding carboxylic acids is 1. The molecule has 3 aromatic rings. The largest absolute Gasteiger partial charge is 0.353 e. The van der Waals surface area contributed by atoms with Gasteiger partial charge in [-0.25, -0.2) is 0 Å². The highest BCUT2D eigenvalue weighted by atomic mass is 35.5. The third kappa shape index (κ3) is 4.82. The molecule has 0 bridgehead atoms. The van der Waals surface area contributed by atoms with Gasteiger partial charge in [0.1, 0.15) is 0 Å². The highest BCUT2D eigenvalue weighted by molar-refractivity contribution is 6.39. The standard InChI is InChI=1S/C22H20Cl2N2O/c1-14-10-11-19(15(2)12-14)25-21(27)13-16-6-3-4-9-20(16)26-22-17(23)7-5-8-18(22)24/h3-12,26H,13H2,1-2H3,(H,25,27). The molecule has 0 radical (unpaired) electrons. The molecular weight excluding hydrogens is 379 g/mol. The molecule has 0 aliphatic rings. The molecule has 0 saturated carbocycles. The molecule has 0 saturated heterocycles. The lowest BCUT2D eigenvalue weighted by molar-refractivity contribution is -0.115. The lowest BCUT2D eigenvalue weighted by atomic mass is 10.1. The Morgan fingerprint density at radius 2 is 1.59 bits per heavy atom. The van der Waals surface area contributed by atoms with Crippen LogP contribution in [0.15, 0.2) is 60.7 Å². The summed E-state index contributed by atoms with van der Waals surface area (Å²) in [6, 6.07) is 18.9. The molecule has 2 N–H and O–H groups in total. The van der Waals surface area contributed by atoms with Crippen molar-refractivity contribution in [2.24, 2.45) is 0 Å². The van der Waals surface area contributed by atoms with E-state index in [9.17, 15) is 4.79 Å². The predicted octanol–water partition coefficient (Wildman–Crippen LogP) is 6.54. The smallest absolute Gasteiger partial charge is 0.228 e. The van der Waals surface area contributed by atoms with Crippen LogP contribution < -0.4 is 10.6 Å². The summed E-state index contributed by atoms with van der Waals surface area (Å²) in [5.74, 6) is -0.0820. The number of para-hydroxylation sites is 2. The zero-order valence-electron chi connectivity index (χ0n) is 15.1. The Morgan fingerprint density at radius 1 is 0.889 bits per heavy atom. The van der Waals surface area contributed by atoms with Gasteiger partial charge in [-0.1, -0.05) is 65.2 Å². The predicted molar refractivity (Wildman–Crippen MR) is 114 cm³/mol. The van der Waals surface area contributed by atoms with Crippen molar-refractivity contribution in [2.75, 3.05) is 10.6 Å². The average molecular weight is 399 g/mol. The second-order valence-corrected chi connectivity index (χ2v) is 7.24. The number of anilines is 3. The molecule has 0 spiro atoms. The Labute approximate surface area is 169 Å². The first-order valence-electron chi connectivity index (χ1n) is 8.60. The Balaban J connectivity index is 1.79. The fourth-order valence-corrected chi connectivity index (χ4v) is 3.36. The van der Waals surface area contributed by atoms with Crippen LogP contribution in [0.25, 0.3) is 0 Å². The molecule has 1 amide bonds. The molecule has 0 fully saturated rings. The summed E-state index contributed by atoms with van der Waals surface area (Å²) in [7, 11) is 0. The third-order valence-corrected chi connectivity index (χ3v) is 4.88. The van der Waals surface area contributed by atoms with E-state index in [1.54, 1.807) is 18.2 Å². The van der Waals surface area contributed by atoms with Crippen molar-refractivity contribution in [3.63, 3.8) is 0 Å². The molecule has 27 heavy (non-hydrogen) atoms. The van der Waals surface area contributed by atoms with Gasteiger partial charge >= 0.3 is 0 Å². The van der Waals surface area contributed by atoms with Crippen molar-refractivity contribution in [1.29, 1.82) is 0 Å². The monoisotopic (exact) mass is 398 g/mol. The van der Waals surface area contributed by atoms with Gasteiger partial charge < -0.3 is 10.6 Å². The van der Waals surface area contributed by atoms with E-state index in [0.29, 0.717) is 15.7 Å². The van der Waals surface area contributed by atoms with Crippen molar-refractivity contribution in [2.45, 2.75) is 20.3 Å². The number of rotatable bonds is 5. The van der Waals surface area contributed by atoms with Gasteiger partial charge in [-0.15, -0.1) is 0 Å². The highest BCUT2D eigenvalue weighted by Crippen LogP contribution is 2.33. The van der Waals surface area contributed by atoms with Crippen LogP contribution in [0.3, 0.4) is 0 Å². The summed E-state index contributed by atoms with van der Waals surface area (Å²) in [4.78, 5) is 12.6. The molecule has 3 aromatic carbocycles. The molecular formula is C22H20Cl2N2O. The van der Waals surface area contributed by atoms with Crippen LogP contribution in [0.4, 0.5) is 17.1 Å². The van der Waals surface area contributed by atoms with Crippen LogP contribution in [0.2, 0.25) is 10.0 Å². The van der Waals surface area contributed by atoms with Gasteiger partial charge in [0.15, 0.2) is 0 Å². The average Bonchev–Trinajstić information content (AvgIpc) is 2.62. The number of amides is 1. The molecule has 5 heteroatoms. The lowest BCUT2D eigenvalue weighted by Gasteiger charge is -2.15. The molecule has 138 valence electrons. The van der Waals surface area contributed by atoms with Crippen LogP contribution in [0.5, 0.6) is 0 Å². The van der Waals surface area contributed by atoms with E-state index in [-0.39, 0.29) is 12.3 Å². The summed E-state index contributed by atoms with van der Waals surface area (Å²) in [5.41, 5.74) is 5.31. The Morgan fingerprint density at radius 3 is 2.30 bits per heavy atom. The Bertz CT molecular complexity index is 966. The SMILES string of the molecule is Cc1ccc(NC(=O)Cc2ccccc2Nc2c(Cl)cccc2Cl)c(C)c1. The minimum Gasteiger partial charge on any atom is -0.353 e. The van der Waals surface area contributed by atoms with E-state index in [2.05, 4.69) is 10.6 Å². The highest BCUT2D eigenvalue weighted by Gasteiger charge is 2.12. The van der Waals surface area contributed by atoms with E-state index in [1.807, 2.05) is 56.3 Å². The maximum atomic E-state index is 12.6. The van der Waals surface area contributed by atoms with Gasteiger partial charge in [-0.3, -0.25) is 4.79 Å². The number of benzene rings is 3. The molecule has 0 heterocycles. The third-order valence-electron chi connectivity index (χ3n) is 4.25. The number of carbonyl (C=O) groups is 1. The minimum absolute atomic E-state index is 0.0820. The first kappa shape index (κ1) is 19.3. The quantitative estimate of drug-likeness (QED) is 0.512. The summed E-state index contributed by atoms with van der Waals surface area (Å²) in [6.07, 6.45) is 0.235. The number of nitrogens with one attached hydrogen (secondary N) is 2. The van der Waals surface area contributed by atoms with E-state index in [1.165, 1.54) is 0 Å². The van der Waals surface area contributed by atoms with Crippen LogP contribution in [0.1, 0.15) is 16.7 Å². The van der Waals surface area contributed by atoms with E-state index in [4.69, 9.17) is 23.2 Å². The number of aryl methyl sites for hydroxylation is 2. The van der Waals surface area contributed by atoms with Crippen LogP contribution >= 0.6 is 23.2 Å². The van der Waals surface area contributed by atoms with Gasteiger partial charge in [0.05, 0.1) is 22.2 Å². The summed E-state index contributed by atoms with van der Waals surface area (Å²) in [6.45, 7) is 4.01. The van der Waals surface area contributed by atoms with Crippen LogP contribution in [-0.2, 0) is 11.2 Å². The van der Waals surface area contributed by atoms with E-state index >= 15 is 0 Å². The first-order chi connectivity index (χ1) is 12.9. The molecule has 0 aliphatic heterocycles. The minimum atomic E-state index is -0.0820. The van der Waals surface area contributed by atoms with Gasteiger partial charge in [0, 0.05) is 11.4 Å². The molecule has 3 rings (SSSR count). The van der Waals surface area contributed by atoms with Crippen molar-refractivity contribution < 1.29 is 4.79 Å². The number of hydrogen-bond donors (Lipinski definition) is 2. The van der Waals surface area contributed by atoms with Gasteiger partial charge in [0.2, 0.25) is 5.91 Å². The molecule has 0 atom stereocenters. The Hall–Kier alpha value is -2.49. The van der Waals surface area contributed by atoms with Crippen molar-refractivity contribution >= 4 is 46.2 Å². The number of hydrogen-bond acceptors (Lipinski definition) is 2. The van der Waals surface area contributed by atoms with E-state index in [0.717, 1.165) is 28.1 Å². The topological polar surface area (TPSA) is 41.1 Å². The molecule has 0 aromatic heterocycles. The summed E-state index contributed by atoms with van der Waals surface area (Å²) in [5, 5.41) is 7.28. The molecule has 0 aliphatic carbocycles. The fourth-order valence-electron chi connectivity index (χ4n) is 2.87. The van der Waals surface area contributed by atoms with Crippen LogP contribution in [-0.4, -0.2) is 5.91 Å². The van der Waals surface area contributed by atoms with Crippen molar-refractivity contribution in [3.05, 3.63) is 87.4 Å². The molecule has 0 unspecified atom stereocenters. The number of halogens is 2. The summed E-state index contributed by atoms with van der Waals surface area (Å²) >= 11 is 12.5. The maximum Gasteiger partial charge on any atom is 0.228 e. The molecule has 3 nitrogen and oxygen atoms in total. The normalized spacial score (nSPS) is 10.5. The Kier molecular flexibility index (Phi) is 6.04. The second kappa shape index (κ2) is 8.47. The fraction of sp³-hybridized carbons (Fsp3) is 0.136. The first-order valence-corrected chi connectivity index (χ1v) is 9.35. The van der Waals surface area contributed by atoms with Crippen LogP contribution in [0, 0.1) is 13.8 Å². The van der Waals surface area contributed by atoms with Gasteiger partial charge in [-0.05, 0) is 49.2 Å².